The first-order valence-electron chi connectivity index (χ1n) is 8.67. The Morgan fingerprint density at radius 2 is 1.47 bits per heavy atom. The molecule has 0 aliphatic carbocycles. The molecule has 0 atom stereocenters. The number of thiazole rings is 3. The van der Waals surface area contributed by atoms with Gasteiger partial charge >= 0.3 is 0 Å². The lowest BCUT2D eigenvalue weighted by Crippen LogP contribution is -1.83. The molecule has 150 valence electrons. The highest BCUT2D eigenvalue weighted by Crippen LogP contribution is 2.17. The van der Waals surface area contributed by atoms with Gasteiger partial charge in [-0.25, -0.2) is 44.9 Å². The van der Waals surface area contributed by atoms with Crippen molar-refractivity contribution in [3.63, 3.8) is 0 Å². The SMILES string of the molecule is Cc1nc2cncnc2s1.Cc1ncc2ncsc2n1.Cc1ncnc2scnc12. The van der Waals surface area contributed by atoms with E-state index in [2.05, 4.69) is 44.9 Å². The first-order valence-corrected chi connectivity index (χ1v) is 11.2. The minimum atomic E-state index is 0.803. The molecule has 30 heavy (non-hydrogen) atoms. The maximum Gasteiger partial charge on any atom is 0.146 e. The zero-order valence-corrected chi connectivity index (χ0v) is 18.7. The minimum Gasteiger partial charge on any atom is -0.242 e. The lowest BCUT2D eigenvalue weighted by atomic mass is 10.4. The summed E-state index contributed by atoms with van der Waals surface area (Å²) in [5.74, 6) is 0.803. The summed E-state index contributed by atoms with van der Waals surface area (Å²) in [6, 6.07) is 0. The molecule has 0 N–H and O–H groups in total. The van der Waals surface area contributed by atoms with Gasteiger partial charge in [0.05, 0.1) is 34.1 Å². The summed E-state index contributed by atoms with van der Waals surface area (Å²) in [5, 5.41) is 1.04. The number of aromatic nitrogens is 9. The van der Waals surface area contributed by atoms with Crippen LogP contribution in [0, 0.1) is 20.8 Å². The summed E-state index contributed by atoms with van der Waals surface area (Å²) < 4.78 is 0. The van der Waals surface area contributed by atoms with E-state index in [0.29, 0.717) is 0 Å². The Labute approximate surface area is 183 Å². The summed E-state index contributed by atoms with van der Waals surface area (Å²) in [6.07, 6.45) is 6.58. The molecule has 0 saturated heterocycles. The van der Waals surface area contributed by atoms with Gasteiger partial charge in [0.15, 0.2) is 0 Å². The summed E-state index contributed by atoms with van der Waals surface area (Å²) in [4.78, 5) is 39.4. The molecule has 0 bridgehead atoms. The molecule has 0 aromatic carbocycles. The van der Waals surface area contributed by atoms with Crippen LogP contribution in [0.2, 0.25) is 0 Å². The Hall–Kier alpha value is -3.09. The minimum absolute atomic E-state index is 0.803. The number of hydrogen-bond donors (Lipinski definition) is 0. The predicted octanol–water partition coefficient (Wildman–Crippen LogP) is 4.18. The third kappa shape index (κ3) is 4.72. The Kier molecular flexibility index (Phi) is 6.16. The van der Waals surface area contributed by atoms with Gasteiger partial charge in [0, 0.05) is 0 Å². The smallest absolute Gasteiger partial charge is 0.146 e. The summed E-state index contributed by atoms with van der Waals surface area (Å²) in [7, 11) is 0. The van der Waals surface area contributed by atoms with Crippen LogP contribution < -0.4 is 0 Å². The van der Waals surface area contributed by atoms with E-state index < -0.39 is 0 Å². The number of fused-ring (bicyclic) bond motifs is 3. The van der Waals surface area contributed by atoms with Gasteiger partial charge in [-0.2, -0.15) is 0 Å². The number of aryl methyl sites for hydroxylation is 3. The van der Waals surface area contributed by atoms with Gasteiger partial charge in [-0.1, -0.05) is 11.3 Å². The van der Waals surface area contributed by atoms with Crippen molar-refractivity contribution >= 4 is 65.1 Å². The lowest BCUT2D eigenvalue weighted by Gasteiger charge is -1.88. The zero-order chi connectivity index (χ0) is 20.9. The van der Waals surface area contributed by atoms with Crippen LogP contribution in [0.3, 0.4) is 0 Å². The highest BCUT2D eigenvalue weighted by atomic mass is 32.1. The largest absolute Gasteiger partial charge is 0.242 e. The third-order valence-electron chi connectivity index (χ3n) is 3.71. The van der Waals surface area contributed by atoms with Crippen LogP contribution in [-0.2, 0) is 0 Å². The second-order valence-electron chi connectivity index (χ2n) is 5.87. The van der Waals surface area contributed by atoms with Gasteiger partial charge in [-0.05, 0) is 20.8 Å². The van der Waals surface area contributed by atoms with Gasteiger partial charge < -0.3 is 0 Å². The van der Waals surface area contributed by atoms with E-state index in [0.717, 1.165) is 47.6 Å². The zero-order valence-electron chi connectivity index (χ0n) is 16.2. The maximum absolute atomic E-state index is 4.21. The molecule has 6 rings (SSSR count). The quantitative estimate of drug-likeness (QED) is 0.334. The predicted molar refractivity (Wildman–Crippen MR) is 120 cm³/mol. The molecule has 0 unspecified atom stereocenters. The van der Waals surface area contributed by atoms with Gasteiger partial charge in [-0.15, -0.1) is 22.7 Å². The topological polar surface area (TPSA) is 116 Å². The lowest BCUT2D eigenvalue weighted by molar-refractivity contribution is 1.09. The van der Waals surface area contributed by atoms with Crippen molar-refractivity contribution in [2.24, 2.45) is 0 Å². The van der Waals surface area contributed by atoms with Crippen molar-refractivity contribution in [1.82, 2.24) is 44.9 Å². The Morgan fingerprint density at radius 3 is 2.30 bits per heavy atom. The van der Waals surface area contributed by atoms with Crippen LogP contribution in [0.25, 0.3) is 31.0 Å². The van der Waals surface area contributed by atoms with E-state index >= 15 is 0 Å². The van der Waals surface area contributed by atoms with E-state index in [1.54, 1.807) is 47.4 Å². The molecule has 0 saturated carbocycles. The van der Waals surface area contributed by atoms with E-state index in [9.17, 15) is 0 Å². The molecular weight excluding hydrogens is 438 g/mol. The third-order valence-corrected chi connectivity index (χ3v) is 6.07. The summed E-state index contributed by atoms with van der Waals surface area (Å²) in [6.45, 7) is 5.77. The van der Waals surface area contributed by atoms with Crippen LogP contribution in [0.4, 0.5) is 0 Å². The van der Waals surface area contributed by atoms with E-state index in [4.69, 9.17) is 0 Å². The molecule has 0 aliphatic heterocycles. The second-order valence-corrected chi connectivity index (χ2v) is 8.72. The van der Waals surface area contributed by atoms with Crippen molar-refractivity contribution in [3.8, 4) is 0 Å². The Balaban J connectivity index is 0.000000109. The van der Waals surface area contributed by atoms with Crippen molar-refractivity contribution in [2.45, 2.75) is 20.8 Å². The molecule has 0 spiro atoms. The van der Waals surface area contributed by atoms with Crippen molar-refractivity contribution in [1.29, 1.82) is 0 Å². The van der Waals surface area contributed by atoms with Crippen molar-refractivity contribution in [2.75, 3.05) is 0 Å². The molecule has 0 amide bonds. The molecule has 0 radical (unpaired) electrons. The first kappa shape index (κ1) is 20.2. The van der Waals surface area contributed by atoms with Gasteiger partial charge in [-0.3, -0.25) is 0 Å². The number of nitrogens with zero attached hydrogens (tertiary/aromatic N) is 9. The van der Waals surface area contributed by atoms with Crippen LogP contribution in [0.1, 0.15) is 16.5 Å². The molecule has 6 heterocycles. The van der Waals surface area contributed by atoms with Gasteiger partial charge in [0.2, 0.25) is 0 Å². The molecule has 6 aromatic heterocycles. The normalized spacial score (nSPS) is 10.5. The average molecular weight is 454 g/mol. The fourth-order valence-electron chi connectivity index (χ4n) is 2.36. The van der Waals surface area contributed by atoms with E-state index in [1.165, 1.54) is 22.7 Å². The monoisotopic (exact) mass is 453 g/mol. The number of hydrogen-bond acceptors (Lipinski definition) is 12. The van der Waals surface area contributed by atoms with Crippen LogP contribution >= 0.6 is 34.0 Å². The van der Waals surface area contributed by atoms with Gasteiger partial charge in [0.1, 0.15) is 49.5 Å². The molecule has 0 fully saturated rings. The van der Waals surface area contributed by atoms with Crippen molar-refractivity contribution in [3.05, 3.63) is 52.6 Å². The summed E-state index contributed by atoms with van der Waals surface area (Å²) in [5.41, 5.74) is 7.21. The number of rotatable bonds is 0. The first-order chi connectivity index (χ1) is 14.6. The molecule has 0 aliphatic rings. The fourth-order valence-corrected chi connectivity index (χ4v) is 4.44. The Bertz CT molecular complexity index is 1370. The molecule has 9 nitrogen and oxygen atoms in total. The second kappa shape index (κ2) is 9.15. The van der Waals surface area contributed by atoms with Crippen molar-refractivity contribution < 1.29 is 0 Å². The van der Waals surface area contributed by atoms with E-state index in [1.807, 2.05) is 20.8 Å². The van der Waals surface area contributed by atoms with Crippen LogP contribution in [-0.4, -0.2) is 44.9 Å². The van der Waals surface area contributed by atoms with Gasteiger partial charge in [0.25, 0.3) is 0 Å². The highest BCUT2D eigenvalue weighted by Gasteiger charge is 2.00. The van der Waals surface area contributed by atoms with Crippen LogP contribution in [0.15, 0.2) is 36.1 Å². The fraction of sp³-hybridized carbons (Fsp3) is 0.167. The maximum atomic E-state index is 4.21. The molecular formula is C18H15N9S3. The molecule has 6 aromatic rings. The average Bonchev–Trinajstić information content (AvgIpc) is 3.47. The summed E-state index contributed by atoms with van der Waals surface area (Å²) >= 11 is 4.67. The highest BCUT2D eigenvalue weighted by molar-refractivity contribution is 7.18. The standard InChI is InChI=1S/3C6H5N3S/c1-4-5-6(8-2-7-4)10-3-9-5;1-4-7-2-5-6(9-4)10-3-8-5;1-4-9-5-2-7-3-8-6(5)10-4/h3*2-3H,1H3. The molecule has 12 heteroatoms. The van der Waals surface area contributed by atoms with Crippen LogP contribution in [0.5, 0.6) is 0 Å². The van der Waals surface area contributed by atoms with E-state index in [-0.39, 0.29) is 0 Å². The Morgan fingerprint density at radius 1 is 0.667 bits per heavy atom.